The lowest BCUT2D eigenvalue weighted by molar-refractivity contribution is -0.334. The first-order valence-electron chi connectivity index (χ1n) is 20.4. The maximum absolute atomic E-state index is 17.7. The van der Waals surface area contributed by atoms with Crippen molar-refractivity contribution in [3.05, 3.63) is 199 Å². The Balaban J connectivity index is 1.21. The first-order valence-corrected chi connectivity index (χ1v) is 20.4. The van der Waals surface area contributed by atoms with Gasteiger partial charge in [0.15, 0.2) is 34.7 Å². The summed E-state index contributed by atoms with van der Waals surface area (Å²) in [5.74, 6) is -11.8. The number of amides is 2. The Labute approximate surface area is 362 Å². The molecule has 0 unspecified atom stereocenters. The number of benzene rings is 6. The van der Waals surface area contributed by atoms with E-state index in [1.54, 1.807) is 12.1 Å². The summed E-state index contributed by atoms with van der Waals surface area (Å²) in [6.45, 7) is 11.3. The van der Waals surface area contributed by atoms with Gasteiger partial charge in [-0.1, -0.05) is 59.7 Å². The molecule has 0 atom stereocenters. The minimum Gasteiger partial charge on any atom is -0.285 e. The lowest BCUT2D eigenvalue weighted by atomic mass is 9.85. The molecule has 64 heavy (non-hydrogen) atoms. The molecule has 0 spiro atoms. The molecular formula is C51H34BF7N3O2+. The fourth-order valence-electron chi connectivity index (χ4n) is 10.1. The molecule has 3 aliphatic rings. The lowest BCUT2D eigenvalue weighted by Crippen LogP contribution is -2.41. The number of hydrogen-bond donors (Lipinski definition) is 0. The molecule has 10 rings (SSSR count). The third-order valence-electron chi connectivity index (χ3n) is 12.5. The molecule has 2 amide bonds. The van der Waals surface area contributed by atoms with Crippen LogP contribution in [0.5, 0.6) is 0 Å². The third kappa shape index (κ3) is 5.61. The van der Waals surface area contributed by atoms with Crippen molar-refractivity contribution < 1.29 is 44.7 Å². The van der Waals surface area contributed by atoms with Crippen molar-refractivity contribution in [2.24, 2.45) is 0 Å². The van der Waals surface area contributed by atoms with Gasteiger partial charge in [-0.05, 0) is 111 Å². The van der Waals surface area contributed by atoms with Gasteiger partial charge in [-0.3, -0.25) is 14.1 Å². The maximum atomic E-state index is 17.7. The summed E-state index contributed by atoms with van der Waals surface area (Å²) in [7, 11) is -1.97. The van der Waals surface area contributed by atoms with E-state index < -0.39 is 76.4 Å². The van der Waals surface area contributed by atoms with E-state index in [9.17, 15) is 18.4 Å². The molecule has 6 aromatic carbocycles. The molecule has 316 valence electrons. The van der Waals surface area contributed by atoms with Gasteiger partial charge in [0.2, 0.25) is 0 Å². The number of aromatic nitrogens is 1. The molecular weight excluding hydrogens is 830 g/mol. The number of imide groups is 1. The van der Waals surface area contributed by atoms with Crippen molar-refractivity contribution in [3.63, 3.8) is 0 Å². The van der Waals surface area contributed by atoms with Crippen LogP contribution in [0.2, 0.25) is 0 Å². The molecule has 1 aromatic heterocycles. The summed E-state index contributed by atoms with van der Waals surface area (Å²) in [6, 6.07) is 19.7. The predicted molar refractivity (Wildman–Crippen MR) is 233 cm³/mol. The summed E-state index contributed by atoms with van der Waals surface area (Å²) in [4.78, 5) is 28.0. The Hall–Kier alpha value is -7.28. The first kappa shape index (κ1) is 40.8. The smallest absolute Gasteiger partial charge is 0.285 e. The molecule has 4 heterocycles. The minimum atomic E-state index is -1.97. The van der Waals surface area contributed by atoms with Crippen LogP contribution in [0, 0.1) is 76.4 Å². The summed E-state index contributed by atoms with van der Waals surface area (Å²) in [5, 5.41) is -0.272. The largest absolute Gasteiger partial charge is 0.846 e. The Morgan fingerprint density at radius 2 is 1.03 bits per heavy atom. The summed E-state index contributed by atoms with van der Waals surface area (Å²) in [5.41, 5.74) is 2.89. The number of aryl methyl sites for hydroxylation is 6. The zero-order valence-corrected chi connectivity index (χ0v) is 35.1. The number of carbonyl (C=O) groups is 2. The van der Waals surface area contributed by atoms with Crippen LogP contribution in [-0.2, 0) is 0 Å². The highest BCUT2D eigenvalue weighted by Gasteiger charge is 2.53. The molecule has 5 nitrogen and oxygen atoms in total. The van der Waals surface area contributed by atoms with Crippen LogP contribution in [0.25, 0.3) is 38.7 Å². The number of anilines is 1. The van der Waals surface area contributed by atoms with Gasteiger partial charge in [0, 0.05) is 45.5 Å². The van der Waals surface area contributed by atoms with Crippen molar-refractivity contribution in [2.75, 3.05) is 4.90 Å². The number of hydrogen-bond acceptors (Lipinski definition) is 2. The first-order chi connectivity index (χ1) is 30.5. The predicted octanol–water partition coefficient (Wildman–Crippen LogP) is 12.1. The number of halogens is 7. The summed E-state index contributed by atoms with van der Waals surface area (Å²) < 4.78 is 119. The highest BCUT2D eigenvalue weighted by Crippen LogP contribution is 2.47. The van der Waals surface area contributed by atoms with Gasteiger partial charge < -0.3 is 0 Å². The number of rotatable bonds is 5. The van der Waals surface area contributed by atoms with Crippen molar-refractivity contribution in [3.8, 4) is 22.4 Å². The van der Waals surface area contributed by atoms with Crippen LogP contribution >= 0.6 is 0 Å². The van der Waals surface area contributed by atoms with Gasteiger partial charge >= 0.3 is 7.26 Å². The van der Waals surface area contributed by atoms with E-state index in [-0.39, 0.29) is 38.9 Å². The molecule has 0 aliphatic carbocycles. The van der Waals surface area contributed by atoms with Crippen LogP contribution in [0.1, 0.15) is 70.9 Å². The van der Waals surface area contributed by atoms with E-state index in [4.69, 9.17) is 0 Å². The number of carbonyl (C=O) groups excluding carboxylic acids is 2. The third-order valence-corrected chi connectivity index (χ3v) is 12.5. The zero-order chi connectivity index (χ0) is 45.4. The fourth-order valence-corrected chi connectivity index (χ4v) is 10.1. The molecule has 3 aliphatic heterocycles. The van der Waals surface area contributed by atoms with E-state index in [1.165, 1.54) is 39.3 Å². The van der Waals surface area contributed by atoms with E-state index in [1.807, 2.05) is 65.8 Å². The molecule has 0 fully saturated rings. The SMILES string of the molecule is Cc1cc(C)c(C2=[N+]3B(F)n4c(ccc4-c4c(C)cc(C)cc4C)C(c4c(F)c(F)c(-c5ccc6c7c(cccc57)C(=O)N(c5c(F)cccc5F)C6=O)c(F)c4F)=C3C=C2)c(C)c1. The minimum absolute atomic E-state index is 0.0322. The second kappa shape index (κ2) is 14.4. The molecule has 0 N–H and O–H groups in total. The number of fused-ring (bicyclic) bond motifs is 2. The molecule has 0 saturated heterocycles. The van der Waals surface area contributed by atoms with Gasteiger partial charge in [-0.2, -0.15) is 0 Å². The second-order valence-electron chi connectivity index (χ2n) is 16.6. The number of para-hydroxylation sites is 1. The standard InChI is InChI=1S/C51H34BF7N3O2/c1-23-19-25(3)39(26(4)20-23)35-15-17-37-43(38-18-16-36(62(38)52(59)61(35)37)40-27(5)21-24(2)22-28(40)6)44-47(57)45(55)42(46(56)48(44)58)30-13-14-32-41-29(30)9-7-10-31(41)50(63)60(51(32)64)49-33(53)11-8-12-34(49)54/h7-22H,1-6H3/q+1. The van der Waals surface area contributed by atoms with Crippen LogP contribution < -0.4 is 4.90 Å². The number of nitrogens with zero attached hydrogens (tertiary/aromatic N) is 3. The van der Waals surface area contributed by atoms with Crippen LogP contribution in [0.15, 0.2) is 103 Å². The normalized spacial score (nSPS) is 14.5. The van der Waals surface area contributed by atoms with Gasteiger partial charge in [0.25, 0.3) is 11.8 Å². The van der Waals surface area contributed by atoms with Crippen LogP contribution in [0.4, 0.5) is 36.3 Å². The van der Waals surface area contributed by atoms with Crippen molar-refractivity contribution in [1.29, 1.82) is 0 Å². The summed E-state index contributed by atoms with van der Waals surface area (Å²) in [6.07, 6.45) is 3.10. The van der Waals surface area contributed by atoms with Crippen molar-refractivity contribution in [2.45, 2.75) is 41.5 Å². The molecule has 7 aromatic rings. The average Bonchev–Trinajstić information content (AvgIpc) is 3.87. The molecule has 0 bridgehead atoms. The van der Waals surface area contributed by atoms with Crippen molar-refractivity contribution in [1.82, 2.24) is 4.48 Å². The topological polar surface area (TPSA) is 45.3 Å². The fraction of sp³-hybridized carbons (Fsp3) is 0.118. The maximum Gasteiger partial charge on any atom is 0.846 e. The number of allylic oxidation sites excluding steroid dienone is 2. The quantitative estimate of drug-likeness (QED) is 0.0749. The monoisotopic (exact) mass is 864 g/mol. The van der Waals surface area contributed by atoms with Gasteiger partial charge in [0.1, 0.15) is 17.3 Å². The Kier molecular flexibility index (Phi) is 9.16. The lowest BCUT2D eigenvalue weighted by Gasteiger charge is -2.28. The molecule has 0 saturated carbocycles. The highest BCUT2D eigenvalue weighted by atomic mass is 19.2. The van der Waals surface area contributed by atoms with Gasteiger partial charge in [0.05, 0.1) is 22.4 Å². The Morgan fingerprint density at radius 3 is 1.62 bits per heavy atom. The average molecular weight is 865 g/mol. The Morgan fingerprint density at radius 1 is 0.531 bits per heavy atom. The Bertz CT molecular complexity index is 3320. The summed E-state index contributed by atoms with van der Waals surface area (Å²) >= 11 is 0. The van der Waals surface area contributed by atoms with Gasteiger partial charge in [-0.25, -0.2) is 40.0 Å². The van der Waals surface area contributed by atoms with Crippen LogP contribution in [-0.4, -0.2) is 33.8 Å². The molecule has 13 heteroatoms. The van der Waals surface area contributed by atoms with Crippen molar-refractivity contribution >= 4 is 46.8 Å². The van der Waals surface area contributed by atoms with E-state index >= 15 is 21.9 Å². The van der Waals surface area contributed by atoms with E-state index in [0.717, 1.165) is 63.7 Å². The second-order valence-corrected chi connectivity index (χ2v) is 16.6. The molecule has 0 radical (unpaired) electrons. The van der Waals surface area contributed by atoms with Gasteiger partial charge in [-0.15, -0.1) is 0 Å². The van der Waals surface area contributed by atoms with Crippen LogP contribution in [0.3, 0.4) is 0 Å². The van der Waals surface area contributed by atoms with E-state index in [2.05, 4.69) is 0 Å². The highest BCUT2D eigenvalue weighted by molar-refractivity contribution is 6.45. The zero-order valence-electron chi connectivity index (χ0n) is 35.1. The van der Waals surface area contributed by atoms with E-state index in [0.29, 0.717) is 27.4 Å².